The standard InChI is InChI=1S/C26H50O4/c1-3-5-7-9-11-13-15-17-21-26(25(29)30,23-19-20-24(27)28)22-18-16-14-12-10-8-6-4-2/h3-23H2,1-2H3,(H,27,28)(H,29,30). The van der Waals surface area contributed by atoms with Crippen molar-refractivity contribution in [2.45, 2.75) is 149 Å². The van der Waals surface area contributed by atoms with Gasteiger partial charge >= 0.3 is 11.9 Å². The fourth-order valence-electron chi connectivity index (χ4n) is 4.47. The average molecular weight is 427 g/mol. The smallest absolute Gasteiger partial charge is 0.309 e. The number of aliphatic carboxylic acids is 2. The van der Waals surface area contributed by atoms with Gasteiger partial charge in [0.2, 0.25) is 0 Å². The van der Waals surface area contributed by atoms with Gasteiger partial charge in [0.05, 0.1) is 5.41 Å². The molecule has 0 fully saturated rings. The van der Waals surface area contributed by atoms with Crippen molar-refractivity contribution in [2.75, 3.05) is 0 Å². The fraction of sp³-hybridized carbons (Fsp3) is 0.923. The molecule has 4 heteroatoms. The molecular weight excluding hydrogens is 376 g/mol. The molecular formula is C26H50O4. The molecule has 4 nitrogen and oxygen atoms in total. The molecule has 0 unspecified atom stereocenters. The summed E-state index contributed by atoms with van der Waals surface area (Å²) < 4.78 is 0. The summed E-state index contributed by atoms with van der Waals surface area (Å²) in [7, 11) is 0. The Morgan fingerprint density at radius 1 is 0.533 bits per heavy atom. The first-order valence-corrected chi connectivity index (χ1v) is 12.9. The number of carboxylic acid groups (broad SMARTS) is 2. The van der Waals surface area contributed by atoms with Crippen molar-refractivity contribution in [3.8, 4) is 0 Å². The van der Waals surface area contributed by atoms with Gasteiger partial charge in [-0.2, -0.15) is 0 Å². The topological polar surface area (TPSA) is 74.6 Å². The molecule has 0 aromatic carbocycles. The van der Waals surface area contributed by atoms with Crippen LogP contribution in [0.4, 0.5) is 0 Å². The zero-order valence-electron chi connectivity index (χ0n) is 20.1. The van der Waals surface area contributed by atoms with E-state index in [2.05, 4.69) is 13.8 Å². The summed E-state index contributed by atoms with van der Waals surface area (Å²) in [5, 5.41) is 19.0. The monoisotopic (exact) mass is 426 g/mol. The molecule has 0 radical (unpaired) electrons. The number of rotatable bonds is 23. The molecule has 30 heavy (non-hydrogen) atoms. The molecule has 0 heterocycles. The Hall–Kier alpha value is -1.06. The second-order valence-corrected chi connectivity index (χ2v) is 9.28. The van der Waals surface area contributed by atoms with Crippen molar-refractivity contribution in [1.29, 1.82) is 0 Å². The lowest BCUT2D eigenvalue weighted by molar-refractivity contribution is -0.151. The van der Waals surface area contributed by atoms with E-state index in [1.165, 1.54) is 77.0 Å². The van der Waals surface area contributed by atoms with Crippen LogP contribution in [0.25, 0.3) is 0 Å². The Labute approximate surface area is 186 Å². The summed E-state index contributed by atoms with van der Waals surface area (Å²) >= 11 is 0. The third-order valence-corrected chi connectivity index (χ3v) is 6.52. The van der Waals surface area contributed by atoms with E-state index in [9.17, 15) is 14.7 Å². The lowest BCUT2D eigenvalue weighted by atomic mass is 9.74. The average Bonchev–Trinajstić information content (AvgIpc) is 2.71. The van der Waals surface area contributed by atoms with Crippen LogP contribution in [0.5, 0.6) is 0 Å². The van der Waals surface area contributed by atoms with E-state index in [0.29, 0.717) is 25.7 Å². The van der Waals surface area contributed by atoms with Gasteiger partial charge in [0.1, 0.15) is 0 Å². The maximum Gasteiger partial charge on any atom is 0.309 e. The number of hydrogen-bond donors (Lipinski definition) is 2. The highest BCUT2D eigenvalue weighted by molar-refractivity contribution is 5.74. The maximum absolute atomic E-state index is 12.2. The number of carboxylic acids is 2. The van der Waals surface area contributed by atoms with Gasteiger partial charge in [-0.3, -0.25) is 9.59 Å². The summed E-state index contributed by atoms with van der Waals surface area (Å²) in [5.41, 5.74) is -0.722. The Kier molecular flexibility index (Phi) is 19.2. The molecule has 0 atom stereocenters. The third-order valence-electron chi connectivity index (χ3n) is 6.52. The Bertz CT molecular complexity index is 399. The van der Waals surface area contributed by atoms with E-state index in [-0.39, 0.29) is 6.42 Å². The van der Waals surface area contributed by atoms with E-state index >= 15 is 0 Å². The maximum atomic E-state index is 12.2. The van der Waals surface area contributed by atoms with Crippen LogP contribution in [0.1, 0.15) is 149 Å². The van der Waals surface area contributed by atoms with Crippen LogP contribution in [-0.4, -0.2) is 22.2 Å². The number of hydrogen-bond acceptors (Lipinski definition) is 2. The second kappa shape index (κ2) is 19.9. The largest absolute Gasteiger partial charge is 0.481 e. The number of unbranched alkanes of at least 4 members (excludes halogenated alkanes) is 14. The summed E-state index contributed by atoms with van der Waals surface area (Å²) in [4.78, 5) is 23.1. The minimum Gasteiger partial charge on any atom is -0.481 e. The lowest BCUT2D eigenvalue weighted by Crippen LogP contribution is -2.31. The van der Waals surface area contributed by atoms with Crippen LogP contribution in [-0.2, 0) is 9.59 Å². The zero-order valence-corrected chi connectivity index (χ0v) is 20.1. The third kappa shape index (κ3) is 15.7. The van der Waals surface area contributed by atoms with E-state index in [0.717, 1.165) is 25.7 Å². The van der Waals surface area contributed by atoms with E-state index in [1.807, 2.05) is 0 Å². The van der Waals surface area contributed by atoms with Crippen LogP contribution in [0.2, 0.25) is 0 Å². The van der Waals surface area contributed by atoms with Crippen molar-refractivity contribution < 1.29 is 19.8 Å². The molecule has 0 rings (SSSR count). The lowest BCUT2D eigenvalue weighted by Gasteiger charge is -2.30. The van der Waals surface area contributed by atoms with Crippen LogP contribution in [0, 0.1) is 5.41 Å². The Morgan fingerprint density at radius 2 is 0.867 bits per heavy atom. The molecule has 0 aliphatic carbocycles. The van der Waals surface area contributed by atoms with Gasteiger partial charge in [0, 0.05) is 6.42 Å². The SMILES string of the molecule is CCCCCCCCCCC(CCCCCCCCCC)(CCCC(=O)O)C(=O)O. The van der Waals surface area contributed by atoms with Gasteiger partial charge in [-0.15, -0.1) is 0 Å². The second-order valence-electron chi connectivity index (χ2n) is 9.28. The van der Waals surface area contributed by atoms with Crippen molar-refractivity contribution in [1.82, 2.24) is 0 Å². The van der Waals surface area contributed by atoms with Crippen LogP contribution >= 0.6 is 0 Å². The van der Waals surface area contributed by atoms with Crippen molar-refractivity contribution in [3.05, 3.63) is 0 Å². The van der Waals surface area contributed by atoms with Crippen molar-refractivity contribution >= 4 is 11.9 Å². The fourth-order valence-corrected chi connectivity index (χ4v) is 4.47. The number of carbonyl (C=O) groups is 2. The Balaban J connectivity index is 4.40. The van der Waals surface area contributed by atoms with E-state index in [1.54, 1.807) is 0 Å². The minimum atomic E-state index is -0.826. The van der Waals surface area contributed by atoms with Gasteiger partial charge in [-0.1, -0.05) is 117 Å². The van der Waals surface area contributed by atoms with Gasteiger partial charge < -0.3 is 10.2 Å². The molecule has 0 amide bonds. The first-order valence-electron chi connectivity index (χ1n) is 12.9. The first-order chi connectivity index (χ1) is 14.5. The van der Waals surface area contributed by atoms with E-state index < -0.39 is 17.4 Å². The predicted octanol–water partition coefficient (Wildman–Crippen LogP) is 8.37. The van der Waals surface area contributed by atoms with Crippen molar-refractivity contribution in [3.63, 3.8) is 0 Å². The molecule has 178 valence electrons. The molecule has 0 aliphatic rings. The van der Waals surface area contributed by atoms with Gasteiger partial charge in [0.15, 0.2) is 0 Å². The highest BCUT2D eigenvalue weighted by atomic mass is 16.4. The minimum absolute atomic E-state index is 0.0733. The molecule has 2 N–H and O–H groups in total. The molecule has 0 bridgehead atoms. The summed E-state index contributed by atoms with van der Waals surface area (Å²) in [6, 6.07) is 0. The highest BCUT2D eigenvalue weighted by Crippen LogP contribution is 2.37. The summed E-state index contributed by atoms with van der Waals surface area (Å²) in [6.45, 7) is 4.45. The predicted molar refractivity (Wildman–Crippen MR) is 126 cm³/mol. The van der Waals surface area contributed by atoms with Gasteiger partial charge in [-0.25, -0.2) is 0 Å². The molecule has 0 aromatic rings. The Morgan fingerprint density at radius 3 is 1.20 bits per heavy atom. The highest BCUT2D eigenvalue weighted by Gasteiger charge is 2.36. The zero-order chi connectivity index (χ0) is 22.5. The summed E-state index contributed by atoms with van der Waals surface area (Å²) in [6.07, 6.45) is 21.7. The molecule has 0 aliphatic heterocycles. The van der Waals surface area contributed by atoms with Crippen LogP contribution in [0.15, 0.2) is 0 Å². The molecule has 0 aromatic heterocycles. The summed E-state index contributed by atoms with van der Waals surface area (Å²) in [5.74, 6) is -1.53. The molecule has 0 spiro atoms. The van der Waals surface area contributed by atoms with E-state index in [4.69, 9.17) is 5.11 Å². The van der Waals surface area contributed by atoms with Crippen LogP contribution < -0.4 is 0 Å². The molecule has 0 saturated carbocycles. The molecule has 0 saturated heterocycles. The quantitative estimate of drug-likeness (QED) is 0.161. The van der Waals surface area contributed by atoms with Crippen molar-refractivity contribution in [2.24, 2.45) is 5.41 Å². The first kappa shape index (κ1) is 28.9. The van der Waals surface area contributed by atoms with Crippen LogP contribution in [0.3, 0.4) is 0 Å². The van der Waals surface area contributed by atoms with Gasteiger partial charge in [0.25, 0.3) is 0 Å². The van der Waals surface area contributed by atoms with Gasteiger partial charge in [-0.05, 0) is 25.7 Å². The normalized spacial score (nSPS) is 11.7.